The highest BCUT2D eigenvalue weighted by Crippen LogP contribution is 2.23. The number of rotatable bonds is 6. The molecule has 0 N–H and O–H groups in total. The molecule has 0 radical (unpaired) electrons. The van der Waals surface area contributed by atoms with Gasteiger partial charge in [-0.05, 0) is 40.5 Å². The van der Waals surface area contributed by atoms with Gasteiger partial charge in [0.15, 0.2) is 0 Å². The van der Waals surface area contributed by atoms with E-state index >= 15 is 0 Å². The summed E-state index contributed by atoms with van der Waals surface area (Å²) in [4.78, 5) is 25.6. The lowest BCUT2D eigenvalue weighted by Gasteiger charge is -2.34. The lowest BCUT2D eigenvalue weighted by atomic mass is 10.1. The van der Waals surface area contributed by atoms with E-state index in [1.807, 2.05) is 4.90 Å². The predicted molar refractivity (Wildman–Crippen MR) is 119 cm³/mol. The Labute approximate surface area is 186 Å². The summed E-state index contributed by atoms with van der Waals surface area (Å²) in [5.74, 6) is 0.468. The first-order valence-electron chi connectivity index (χ1n) is 9.90. The van der Waals surface area contributed by atoms with Crippen molar-refractivity contribution in [3.8, 4) is 0 Å². The highest BCUT2D eigenvalue weighted by atomic mass is 79.9. The minimum atomic E-state index is -3.63. The average molecular weight is 496 g/mol. The molecular weight excluding hydrogens is 470 g/mol. The summed E-state index contributed by atoms with van der Waals surface area (Å²) in [5.41, 5.74) is 1.02. The Kier molecular flexibility index (Phi) is 7.10. The number of aryl methyl sites for hydroxylation is 1. The number of piperazine rings is 1. The molecule has 2 heterocycles. The summed E-state index contributed by atoms with van der Waals surface area (Å²) >= 11 is 3.32. The average Bonchev–Trinajstić information content (AvgIpc) is 2.75. The number of amides is 1. The van der Waals surface area contributed by atoms with Crippen LogP contribution >= 0.6 is 15.9 Å². The fourth-order valence-electron chi connectivity index (χ4n) is 3.47. The summed E-state index contributed by atoms with van der Waals surface area (Å²) in [6, 6.07) is 4.91. The van der Waals surface area contributed by atoms with Crippen LogP contribution in [0.15, 0.2) is 40.0 Å². The Balaban J connectivity index is 1.76. The molecule has 0 bridgehead atoms. The zero-order valence-corrected chi connectivity index (χ0v) is 19.8. The van der Waals surface area contributed by atoms with Gasteiger partial charge < -0.3 is 9.80 Å². The van der Waals surface area contributed by atoms with Crippen molar-refractivity contribution < 1.29 is 13.2 Å². The van der Waals surface area contributed by atoms with Gasteiger partial charge in [0.1, 0.15) is 0 Å². The largest absolute Gasteiger partial charge is 0.337 e. The number of sulfonamides is 1. The van der Waals surface area contributed by atoms with Crippen LogP contribution in [0, 0.1) is 6.92 Å². The van der Waals surface area contributed by atoms with E-state index in [1.165, 1.54) is 10.4 Å². The van der Waals surface area contributed by atoms with Crippen LogP contribution in [0.2, 0.25) is 0 Å². The van der Waals surface area contributed by atoms with E-state index in [0.29, 0.717) is 56.3 Å². The van der Waals surface area contributed by atoms with E-state index in [0.717, 1.165) is 4.47 Å². The number of carbonyl (C=O) groups excluding carboxylic acids is 1. The van der Waals surface area contributed by atoms with E-state index in [2.05, 4.69) is 25.9 Å². The second kappa shape index (κ2) is 9.40. The third-order valence-electron chi connectivity index (χ3n) is 5.21. The van der Waals surface area contributed by atoms with Crippen LogP contribution in [-0.2, 0) is 10.0 Å². The van der Waals surface area contributed by atoms with Gasteiger partial charge in [-0.2, -0.15) is 4.31 Å². The van der Waals surface area contributed by atoms with Crippen molar-refractivity contribution in [2.24, 2.45) is 0 Å². The van der Waals surface area contributed by atoms with Gasteiger partial charge in [-0.25, -0.2) is 18.4 Å². The van der Waals surface area contributed by atoms with Crippen molar-refractivity contribution in [1.29, 1.82) is 0 Å². The van der Waals surface area contributed by atoms with Crippen LogP contribution < -0.4 is 4.90 Å². The molecule has 162 valence electrons. The Hall–Kier alpha value is -2.04. The first kappa shape index (κ1) is 22.6. The Morgan fingerprint density at radius 3 is 2.27 bits per heavy atom. The first-order chi connectivity index (χ1) is 14.3. The van der Waals surface area contributed by atoms with Crippen molar-refractivity contribution in [3.63, 3.8) is 0 Å². The molecule has 30 heavy (non-hydrogen) atoms. The van der Waals surface area contributed by atoms with Crippen LogP contribution in [-0.4, -0.2) is 72.8 Å². The van der Waals surface area contributed by atoms with Crippen LogP contribution in [0.3, 0.4) is 0 Å². The summed E-state index contributed by atoms with van der Waals surface area (Å²) in [7, 11) is -3.63. The molecule has 0 atom stereocenters. The quantitative estimate of drug-likeness (QED) is 0.611. The lowest BCUT2D eigenvalue weighted by Crippen LogP contribution is -2.49. The molecule has 2 aromatic rings. The number of carbonyl (C=O) groups is 1. The van der Waals surface area contributed by atoms with Crippen molar-refractivity contribution in [3.05, 3.63) is 46.2 Å². The number of hydrogen-bond donors (Lipinski definition) is 0. The van der Waals surface area contributed by atoms with Crippen molar-refractivity contribution in [1.82, 2.24) is 19.2 Å². The molecule has 10 heteroatoms. The second-order valence-corrected chi connectivity index (χ2v) is 9.87. The minimum absolute atomic E-state index is 0.164. The van der Waals surface area contributed by atoms with Gasteiger partial charge in [-0.15, -0.1) is 0 Å². The first-order valence-corrected chi connectivity index (χ1v) is 12.1. The normalized spacial score (nSPS) is 15.0. The zero-order valence-electron chi connectivity index (χ0n) is 17.4. The molecule has 0 spiro atoms. The molecule has 1 aliphatic heterocycles. The van der Waals surface area contributed by atoms with Crippen molar-refractivity contribution in [2.45, 2.75) is 25.7 Å². The number of benzene rings is 1. The van der Waals surface area contributed by atoms with Gasteiger partial charge in [0.05, 0.1) is 9.37 Å². The smallest absolute Gasteiger partial charge is 0.254 e. The number of nitrogens with zero attached hydrogens (tertiary/aromatic N) is 5. The van der Waals surface area contributed by atoms with E-state index in [4.69, 9.17) is 0 Å². The summed E-state index contributed by atoms with van der Waals surface area (Å²) in [6.45, 7) is 8.40. The number of halogens is 1. The zero-order chi connectivity index (χ0) is 21.9. The molecule has 0 unspecified atom stereocenters. The minimum Gasteiger partial charge on any atom is -0.337 e. The summed E-state index contributed by atoms with van der Waals surface area (Å²) in [6.07, 6.45) is 3.40. The number of aromatic nitrogens is 2. The van der Waals surface area contributed by atoms with Gasteiger partial charge in [0.25, 0.3) is 5.91 Å². The highest BCUT2D eigenvalue weighted by molar-refractivity contribution is 9.10. The standard InChI is InChI=1S/C20H26BrN5O3S/c1-4-26(5-2)30(28,29)18-12-16(7-6-15(18)3)19(27)24-8-10-25(11-9-24)20-22-13-17(21)14-23-20/h6-7,12-14H,4-5,8-11H2,1-3H3. The Morgan fingerprint density at radius 2 is 1.70 bits per heavy atom. The molecule has 3 rings (SSSR count). The fraction of sp³-hybridized carbons (Fsp3) is 0.450. The van der Waals surface area contributed by atoms with Crippen LogP contribution in [0.25, 0.3) is 0 Å². The SMILES string of the molecule is CCN(CC)S(=O)(=O)c1cc(C(=O)N2CCN(c3ncc(Br)cn3)CC2)ccc1C. The maximum atomic E-state index is 13.0. The maximum Gasteiger partial charge on any atom is 0.254 e. The molecule has 1 aliphatic rings. The molecule has 1 fully saturated rings. The van der Waals surface area contributed by atoms with Gasteiger partial charge in [-0.3, -0.25) is 4.79 Å². The fourth-order valence-corrected chi connectivity index (χ4v) is 5.39. The Morgan fingerprint density at radius 1 is 1.10 bits per heavy atom. The van der Waals surface area contributed by atoms with E-state index in [-0.39, 0.29) is 10.8 Å². The Bertz CT molecular complexity index is 1000. The van der Waals surface area contributed by atoms with E-state index in [9.17, 15) is 13.2 Å². The number of hydrogen-bond acceptors (Lipinski definition) is 6. The van der Waals surface area contributed by atoms with Gasteiger partial charge in [0.2, 0.25) is 16.0 Å². The molecule has 8 nitrogen and oxygen atoms in total. The van der Waals surface area contributed by atoms with Gasteiger partial charge >= 0.3 is 0 Å². The number of anilines is 1. The van der Waals surface area contributed by atoms with Crippen LogP contribution in [0.5, 0.6) is 0 Å². The summed E-state index contributed by atoms with van der Waals surface area (Å²) < 4.78 is 28.2. The third kappa shape index (κ3) is 4.65. The topological polar surface area (TPSA) is 86.7 Å². The second-order valence-electron chi connectivity index (χ2n) is 7.05. The maximum absolute atomic E-state index is 13.0. The lowest BCUT2D eigenvalue weighted by molar-refractivity contribution is 0.0746. The van der Waals surface area contributed by atoms with Crippen molar-refractivity contribution in [2.75, 3.05) is 44.2 Å². The summed E-state index contributed by atoms with van der Waals surface area (Å²) in [5, 5.41) is 0. The predicted octanol–water partition coefficient (Wildman–Crippen LogP) is 2.54. The van der Waals surface area contributed by atoms with Crippen LogP contribution in [0.1, 0.15) is 29.8 Å². The molecule has 1 aromatic carbocycles. The van der Waals surface area contributed by atoms with E-state index in [1.54, 1.807) is 50.2 Å². The highest BCUT2D eigenvalue weighted by Gasteiger charge is 2.27. The third-order valence-corrected chi connectivity index (χ3v) is 7.82. The molecule has 1 aromatic heterocycles. The molecule has 0 aliphatic carbocycles. The molecule has 0 saturated carbocycles. The molecule has 1 saturated heterocycles. The molecule has 1 amide bonds. The van der Waals surface area contributed by atoms with E-state index < -0.39 is 10.0 Å². The molecular formula is C20H26BrN5O3S. The van der Waals surface area contributed by atoms with Crippen LogP contribution in [0.4, 0.5) is 5.95 Å². The van der Waals surface area contributed by atoms with Crippen molar-refractivity contribution >= 4 is 37.8 Å². The van der Waals surface area contributed by atoms with Gasteiger partial charge in [0, 0.05) is 57.2 Å². The van der Waals surface area contributed by atoms with Gasteiger partial charge in [-0.1, -0.05) is 19.9 Å². The monoisotopic (exact) mass is 495 g/mol.